The molecular weight excluding hydrogens is 450 g/mol. The topological polar surface area (TPSA) is 59.0 Å². The monoisotopic (exact) mass is 491 g/mol. The van der Waals surface area contributed by atoms with Crippen molar-refractivity contribution in [3.05, 3.63) is 72.3 Å². The van der Waals surface area contributed by atoms with E-state index in [1.165, 1.54) is 36.0 Å². The van der Waals surface area contributed by atoms with Crippen LogP contribution in [0.1, 0.15) is 56.9 Å². The predicted molar refractivity (Wildman–Crippen MR) is 144 cm³/mol. The SMILES string of the molecule is O=C(O)CCC=CCO[C@H]1[C@@H](OCCCc2ccc(-c3ccccc3)cc2)CC[C@@H]1N1CCCCC1. The van der Waals surface area contributed by atoms with Gasteiger partial charge in [0.25, 0.3) is 0 Å². The second-order valence-electron chi connectivity index (χ2n) is 10.0. The quantitative estimate of drug-likeness (QED) is 0.270. The third-order valence-electron chi connectivity index (χ3n) is 7.43. The maximum absolute atomic E-state index is 10.7. The largest absolute Gasteiger partial charge is 0.481 e. The van der Waals surface area contributed by atoms with Crippen molar-refractivity contribution >= 4 is 5.97 Å². The van der Waals surface area contributed by atoms with E-state index in [4.69, 9.17) is 14.6 Å². The number of nitrogens with zero attached hydrogens (tertiary/aromatic N) is 1. The zero-order chi connectivity index (χ0) is 25.0. The Morgan fingerprint density at radius 1 is 0.917 bits per heavy atom. The Morgan fingerprint density at radius 3 is 2.42 bits per heavy atom. The minimum absolute atomic E-state index is 0.0809. The molecule has 2 aliphatic rings. The summed E-state index contributed by atoms with van der Waals surface area (Å²) in [6.07, 6.45) is 12.8. The minimum atomic E-state index is -0.762. The first-order valence-electron chi connectivity index (χ1n) is 13.7. The first-order valence-corrected chi connectivity index (χ1v) is 13.7. The van der Waals surface area contributed by atoms with E-state index in [0.717, 1.165) is 45.4 Å². The number of aliphatic carboxylic acids is 1. The molecule has 1 N–H and O–H groups in total. The van der Waals surface area contributed by atoms with Crippen LogP contribution in [0, 0.1) is 0 Å². The molecule has 5 heteroatoms. The number of ether oxygens (including phenoxy) is 2. The summed E-state index contributed by atoms with van der Waals surface area (Å²) in [6, 6.07) is 19.8. The second-order valence-corrected chi connectivity index (χ2v) is 10.0. The molecule has 2 fully saturated rings. The van der Waals surface area contributed by atoms with Crippen LogP contribution < -0.4 is 0 Å². The molecule has 1 aliphatic carbocycles. The first kappa shape index (κ1) is 26.6. The number of hydrogen-bond donors (Lipinski definition) is 1. The fraction of sp³-hybridized carbons (Fsp3) is 0.516. The van der Waals surface area contributed by atoms with Gasteiger partial charge in [0, 0.05) is 19.1 Å². The third kappa shape index (κ3) is 8.02. The van der Waals surface area contributed by atoms with Crippen molar-refractivity contribution in [2.45, 2.75) is 76.0 Å². The van der Waals surface area contributed by atoms with E-state index in [2.05, 4.69) is 53.4 Å². The van der Waals surface area contributed by atoms with Gasteiger partial charge in [0.15, 0.2) is 0 Å². The summed E-state index contributed by atoms with van der Waals surface area (Å²) in [6.45, 7) is 3.57. The van der Waals surface area contributed by atoms with E-state index >= 15 is 0 Å². The molecule has 0 spiro atoms. The fourth-order valence-corrected chi connectivity index (χ4v) is 5.51. The van der Waals surface area contributed by atoms with Crippen LogP contribution in [0.2, 0.25) is 0 Å². The zero-order valence-corrected chi connectivity index (χ0v) is 21.4. The first-order chi connectivity index (χ1) is 17.7. The number of rotatable bonds is 13. The number of benzene rings is 2. The molecule has 0 bridgehead atoms. The van der Waals surface area contributed by atoms with Gasteiger partial charge in [-0.05, 0) is 74.7 Å². The van der Waals surface area contributed by atoms with Gasteiger partial charge in [0.2, 0.25) is 0 Å². The summed E-state index contributed by atoms with van der Waals surface area (Å²) in [5, 5.41) is 8.80. The van der Waals surface area contributed by atoms with Crippen LogP contribution in [-0.2, 0) is 20.7 Å². The van der Waals surface area contributed by atoms with Crippen LogP contribution in [0.4, 0.5) is 0 Å². The van der Waals surface area contributed by atoms with E-state index < -0.39 is 5.97 Å². The molecular formula is C31H41NO4. The molecule has 2 aromatic rings. The Hall–Kier alpha value is -2.47. The Labute approximate surface area is 216 Å². The van der Waals surface area contributed by atoms with Crippen LogP contribution in [0.5, 0.6) is 0 Å². The molecule has 1 saturated carbocycles. The zero-order valence-electron chi connectivity index (χ0n) is 21.4. The molecule has 0 unspecified atom stereocenters. The maximum atomic E-state index is 10.7. The molecule has 0 aromatic heterocycles. The molecule has 4 rings (SSSR count). The molecule has 194 valence electrons. The Kier molecular flexibility index (Phi) is 10.6. The number of hydrogen-bond acceptors (Lipinski definition) is 4. The number of piperidine rings is 1. The van der Waals surface area contributed by atoms with E-state index in [-0.39, 0.29) is 18.6 Å². The van der Waals surface area contributed by atoms with Gasteiger partial charge in [-0.25, -0.2) is 0 Å². The van der Waals surface area contributed by atoms with Gasteiger partial charge >= 0.3 is 5.97 Å². The lowest BCUT2D eigenvalue weighted by Gasteiger charge is -2.36. The summed E-state index contributed by atoms with van der Waals surface area (Å²) >= 11 is 0. The van der Waals surface area contributed by atoms with E-state index in [9.17, 15) is 4.79 Å². The molecule has 1 aliphatic heterocycles. The molecule has 1 heterocycles. The van der Waals surface area contributed by atoms with Gasteiger partial charge in [-0.2, -0.15) is 0 Å². The number of aryl methyl sites for hydroxylation is 1. The average Bonchev–Trinajstić information content (AvgIpc) is 3.32. The number of carboxylic acids is 1. The summed E-state index contributed by atoms with van der Waals surface area (Å²) < 4.78 is 12.8. The van der Waals surface area contributed by atoms with Crippen molar-refractivity contribution in [1.82, 2.24) is 4.90 Å². The van der Waals surface area contributed by atoms with Crippen molar-refractivity contribution in [2.24, 2.45) is 0 Å². The number of likely N-dealkylation sites (tertiary alicyclic amines) is 1. The third-order valence-corrected chi connectivity index (χ3v) is 7.43. The van der Waals surface area contributed by atoms with Gasteiger partial charge in [-0.1, -0.05) is 73.2 Å². The molecule has 1 saturated heterocycles. The standard InChI is InChI=1S/C31H41NO4/c33-30(34)14-6-2-9-23-36-31-28(32-21-7-3-8-22-32)19-20-29(31)35-24-10-11-25-15-17-27(18-16-25)26-12-4-1-5-13-26/h1-2,4-5,9,12-13,15-18,28-29,31H,3,6-8,10-11,14,19-24H2,(H,33,34)/t28-,29-,31+/m0/s1. The second kappa shape index (κ2) is 14.3. The van der Waals surface area contributed by atoms with Crippen molar-refractivity contribution in [3.8, 4) is 11.1 Å². The fourth-order valence-electron chi connectivity index (χ4n) is 5.51. The molecule has 36 heavy (non-hydrogen) atoms. The lowest BCUT2D eigenvalue weighted by Crippen LogP contribution is -2.47. The van der Waals surface area contributed by atoms with Crippen molar-refractivity contribution in [3.63, 3.8) is 0 Å². The van der Waals surface area contributed by atoms with Crippen LogP contribution in [0.3, 0.4) is 0 Å². The van der Waals surface area contributed by atoms with Gasteiger partial charge in [0.1, 0.15) is 0 Å². The van der Waals surface area contributed by atoms with E-state index in [0.29, 0.717) is 19.1 Å². The van der Waals surface area contributed by atoms with Crippen LogP contribution >= 0.6 is 0 Å². The molecule has 0 amide bonds. The van der Waals surface area contributed by atoms with Crippen LogP contribution in [-0.4, -0.2) is 60.5 Å². The van der Waals surface area contributed by atoms with Gasteiger partial charge in [-0.15, -0.1) is 0 Å². The Morgan fingerprint density at radius 2 is 1.67 bits per heavy atom. The number of allylic oxidation sites excluding steroid dienone is 1. The molecule has 0 radical (unpaired) electrons. The van der Waals surface area contributed by atoms with Gasteiger partial charge in [-0.3, -0.25) is 9.69 Å². The maximum Gasteiger partial charge on any atom is 0.303 e. The van der Waals surface area contributed by atoms with Gasteiger partial charge in [0.05, 0.1) is 18.8 Å². The van der Waals surface area contributed by atoms with Crippen molar-refractivity contribution in [2.75, 3.05) is 26.3 Å². The highest BCUT2D eigenvalue weighted by Gasteiger charge is 2.40. The molecule has 3 atom stereocenters. The van der Waals surface area contributed by atoms with Crippen molar-refractivity contribution in [1.29, 1.82) is 0 Å². The smallest absolute Gasteiger partial charge is 0.303 e. The number of carbonyl (C=O) groups is 1. The summed E-state index contributed by atoms with van der Waals surface area (Å²) in [5.41, 5.74) is 3.84. The highest BCUT2D eigenvalue weighted by Crippen LogP contribution is 2.31. The van der Waals surface area contributed by atoms with Crippen molar-refractivity contribution < 1.29 is 19.4 Å². The van der Waals surface area contributed by atoms with E-state index in [1.54, 1.807) is 0 Å². The Balaban J connectivity index is 1.25. The molecule has 5 nitrogen and oxygen atoms in total. The normalized spacial score (nSPS) is 22.8. The lowest BCUT2D eigenvalue weighted by atomic mass is 10.0. The lowest BCUT2D eigenvalue weighted by molar-refractivity contribution is -0.136. The Bertz CT molecular complexity index is 937. The highest BCUT2D eigenvalue weighted by molar-refractivity contribution is 5.66. The predicted octanol–water partition coefficient (Wildman–Crippen LogP) is 6.13. The van der Waals surface area contributed by atoms with Crippen LogP contribution in [0.25, 0.3) is 11.1 Å². The van der Waals surface area contributed by atoms with Gasteiger partial charge < -0.3 is 14.6 Å². The highest BCUT2D eigenvalue weighted by atomic mass is 16.5. The number of carboxylic acid groups (broad SMARTS) is 1. The molecule has 2 aromatic carbocycles. The summed E-state index contributed by atoms with van der Waals surface area (Å²) in [4.78, 5) is 13.3. The summed E-state index contributed by atoms with van der Waals surface area (Å²) in [5.74, 6) is -0.762. The average molecular weight is 492 g/mol. The van der Waals surface area contributed by atoms with E-state index in [1.807, 2.05) is 18.2 Å². The minimum Gasteiger partial charge on any atom is -0.481 e. The summed E-state index contributed by atoms with van der Waals surface area (Å²) in [7, 11) is 0. The van der Waals surface area contributed by atoms with Crippen LogP contribution in [0.15, 0.2) is 66.7 Å².